The van der Waals surface area contributed by atoms with Gasteiger partial charge in [0.1, 0.15) is 30.5 Å². The van der Waals surface area contributed by atoms with Gasteiger partial charge in [0.2, 0.25) is 5.91 Å². The molecule has 7 N–H and O–H groups in total. The van der Waals surface area contributed by atoms with Gasteiger partial charge in [-0.1, -0.05) is 122 Å². The number of nitrogens with one attached hydrogen (secondary N) is 1. The molecular weight excluding hydrogens is 670 g/mol. The number of unbranched alkanes of at least 4 members (excludes halogenated alkanes) is 16. The molecule has 0 aromatic heterocycles. The molecule has 1 amide bonds. The maximum absolute atomic E-state index is 13.0. The zero-order valence-corrected chi connectivity index (χ0v) is 31.4. The summed E-state index contributed by atoms with van der Waals surface area (Å²) >= 11 is 0. The van der Waals surface area contributed by atoms with Gasteiger partial charge in [-0.2, -0.15) is 8.42 Å². The second-order valence-electron chi connectivity index (χ2n) is 13.7. The van der Waals surface area contributed by atoms with Gasteiger partial charge in [0.05, 0.1) is 25.4 Å². The van der Waals surface area contributed by atoms with E-state index in [1.54, 1.807) is 0 Å². The van der Waals surface area contributed by atoms with Crippen LogP contribution in [-0.2, 0) is 28.9 Å². The highest BCUT2D eigenvalue weighted by molar-refractivity contribution is 7.80. The normalized spacial score (nSPS) is 23.2. The molecule has 1 aliphatic heterocycles. The number of allylic oxidation sites excluding steroid dienone is 2. The first-order valence-electron chi connectivity index (χ1n) is 19.2. The van der Waals surface area contributed by atoms with E-state index >= 15 is 0 Å². The van der Waals surface area contributed by atoms with Crippen molar-refractivity contribution in [3.63, 3.8) is 0 Å². The molecule has 14 heteroatoms. The molecule has 1 saturated heterocycles. The lowest BCUT2D eigenvalue weighted by Gasteiger charge is -2.41. The first-order valence-corrected chi connectivity index (χ1v) is 20.5. The summed E-state index contributed by atoms with van der Waals surface area (Å²) in [6, 6.07) is -1.03. The van der Waals surface area contributed by atoms with Gasteiger partial charge in [-0.3, -0.25) is 9.35 Å². The molecule has 13 nitrogen and oxygen atoms in total. The summed E-state index contributed by atoms with van der Waals surface area (Å²) < 4.78 is 47.2. The standard InChI is InChI=1S/C36H69NO12S/c1-3-5-7-9-11-13-14-15-17-19-21-23-25-30(40)35(43)37-28(29(39)24-22-20-18-16-12-10-8-6-4-2)27-47-36-33(42)34(49-50(44,45)46)32(41)31(26-38)48-36/h15,17,28-34,36,38-42H,3-14,16,18-27H2,1-2H3,(H,37,43)(H,44,45,46)/b17-15-. The molecule has 1 fully saturated rings. The average Bonchev–Trinajstić information content (AvgIpc) is 3.08. The van der Waals surface area contributed by atoms with Gasteiger partial charge in [0.15, 0.2) is 6.29 Å². The Morgan fingerprint density at radius 3 is 1.82 bits per heavy atom. The van der Waals surface area contributed by atoms with Gasteiger partial charge in [-0.05, 0) is 38.5 Å². The van der Waals surface area contributed by atoms with Crippen molar-refractivity contribution in [2.75, 3.05) is 13.2 Å². The van der Waals surface area contributed by atoms with Gasteiger partial charge >= 0.3 is 10.4 Å². The van der Waals surface area contributed by atoms with E-state index in [2.05, 4.69) is 35.5 Å². The van der Waals surface area contributed by atoms with E-state index in [1.807, 2.05) is 0 Å². The van der Waals surface area contributed by atoms with Gasteiger partial charge in [-0.25, -0.2) is 4.18 Å². The fraction of sp³-hybridized carbons (Fsp3) is 0.917. The van der Waals surface area contributed by atoms with Crippen molar-refractivity contribution in [3.05, 3.63) is 12.2 Å². The summed E-state index contributed by atoms with van der Waals surface area (Å²) in [7, 11) is -5.10. The number of amides is 1. The van der Waals surface area contributed by atoms with Gasteiger partial charge in [0.25, 0.3) is 0 Å². The number of rotatable bonds is 31. The third-order valence-electron chi connectivity index (χ3n) is 9.18. The van der Waals surface area contributed by atoms with Crippen LogP contribution in [0.3, 0.4) is 0 Å². The predicted octanol–water partition coefficient (Wildman–Crippen LogP) is 4.62. The number of aliphatic hydroxyl groups is 5. The van der Waals surface area contributed by atoms with Crippen molar-refractivity contribution in [2.24, 2.45) is 0 Å². The van der Waals surface area contributed by atoms with Crippen LogP contribution in [0.1, 0.15) is 149 Å². The topological polar surface area (TPSA) is 212 Å². The molecule has 0 radical (unpaired) electrons. The zero-order chi connectivity index (χ0) is 37.2. The fourth-order valence-corrected chi connectivity index (χ4v) is 6.55. The number of carbonyl (C=O) groups is 1. The molecule has 1 heterocycles. The average molecular weight is 740 g/mol. The van der Waals surface area contributed by atoms with Crippen LogP contribution in [0.25, 0.3) is 0 Å². The second-order valence-corrected chi connectivity index (χ2v) is 14.7. The number of hydrogen-bond donors (Lipinski definition) is 7. The first-order chi connectivity index (χ1) is 23.9. The van der Waals surface area contributed by atoms with Crippen LogP contribution in [0.2, 0.25) is 0 Å². The number of hydrogen-bond acceptors (Lipinski definition) is 11. The van der Waals surface area contributed by atoms with E-state index in [4.69, 9.17) is 14.0 Å². The summed E-state index contributed by atoms with van der Waals surface area (Å²) in [5.41, 5.74) is 0. The Morgan fingerprint density at radius 2 is 1.28 bits per heavy atom. The minimum absolute atomic E-state index is 0.230. The Balaban J connectivity index is 2.69. The highest BCUT2D eigenvalue weighted by Gasteiger charge is 2.48. The summed E-state index contributed by atoms with van der Waals surface area (Å²) in [4.78, 5) is 13.0. The van der Waals surface area contributed by atoms with Crippen molar-refractivity contribution in [3.8, 4) is 0 Å². The predicted molar refractivity (Wildman–Crippen MR) is 192 cm³/mol. The molecule has 50 heavy (non-hydrogen) atoms. The van der Waals surface area contributed by atoms with Crippen LogP contribution < -0.4 is 5.32 Å². The lowest BCUT2D eigenvalue weighted by atomic mass is 9.99. The number of carbonyl (C=O) groups excluding carboxylic acids is 1. The minimum Gasteiger partial charge on any atom is -0.394 e. The van der Waals surface area contributed by atoms with Gasteiger partial charge in [0, 0.05) is 0 Å². The molecule has 1 rings (SSSR count). The summed E-state index contributed by atoms with van der Waals surface area (Å²) in [5, 5.41) is 54.8. The number of aliphatic hydroxyl groups excluding tert-OH is 5. The molecule has 0 spiro atoms. The molecule has 0 aliphatic carbocycles. The van der Waals surface area contributed by atoms with Crippen molar-refractivity contribution < 1.29 is 57.0 Å². The molecule has 0 aromatic carbocycles. The Morgan fingerprint density at radius 1 is 0.780 bits per heavy atom. The molecule has 296 valence electrons. The molecule has 0 saturated carbocycles. The van der Waals surface area contributed by atoms with E-state index in [0.29, 0.717) is 19.3 Å². The largest absolute Gasteiger partial charge is 0.397 e. The molecule has 8 atom stereocenters. The van der Waals surface area contributed by atoms with Crippen LogP contribution in [0, 0.1) is 0 Å². The van der Waals surface area contributed by atoms with E-state index in [9.17, 15) is 38.7 Å². The first kappa shape index (κ1) is 46.8. The highest BCUT2D eigenvalue weighted by atomic mass is 32.3. The molecule has 1 aliphatic rings. The van der Waals surface area contributed by atoms with Crippen molar-refractivity contribution >= 4 is 16.3 Å². The third-order valence-corrected chi connectivity index (χ3v) is 9.65. The smallest absolute Gasteiger partial charge is 0.394 e. The lowest BCUT2D eigenvalue weighted by molar-refractivity contribution is -0.298. The zero-order valence-electron chi connectivity index (χ0n) is 30.6. The van der Waals surface area contributed by atoms with Gasteiger partial charge in [-0.15, -0.1) is 0 Å². The molecule has 0 bridgehead atoms. The maximum Gasteiger partial charge on any atom is 0.397 e. The Bertz CT molecular complexity index is 984. The summed E-state index contributed by atoms with van der Waals surface area (Å²) in [6.45, 7) is 3.18. The van der Waals surface area contributed by atoms with Crippen LogP contribution >= 0.6 is 0 Å². The van der Waals surface area contributed by atoms with Crippen molar-refractivity contribution in [1.82, 2.24) is 5.32 Å². The Labute approximate surface area is 301 Å². The van der Waals surface area contributed by atoms with Crippen LogP contribution in [0.5, 0.6) is 0 Å². The lowest BCUT2D eigenvalue weighted by Crippen LogP contribution is -2.61. The molecule has 8 unspecified atom stereocenters. The van der Waals surface area contributed by atoms with E-state index in [-0.39, 0.29) is 6.42 Å². The van der Waals surface area contributed by atoms with E-state index < -0.39 is 78.5 Å². The van der Waals surface area contributed by atoms with Crippen LogP contribution in [-0.4, -0.2) is 107 Å². The van der Waals surface area contributed by atoms with E-state index in [1.165, 1.54) is 64.2 Å². The number of ether oxygens (including phenoxy) is 2. The third kappa shape index (κ3) is 21.4. The monoisotopic (exact) mass is 739 g/mol. The quantitative estimate of drug-likeness (QED) is 0.0295. The Kier molecular flexibility index (Phi) is 26.5. The second kappa shape index (κ2) is 28.3. The van der Waals surface area contributed by atoms with E-state index in [0.717, 1.165) is 44.9 Å². The fourth-order valence-electron chi connectivity index (χ4n) is 6.05. The van der Waals surface area contributed by atoms with Crippen LogP contribution in [0.15, 0.2) is 12.2 Å². The van der Waals surface area contributed by atoms with Crippen molar-refractivity contribution in [1.29, 1.82) is 0 Å². The van der Waals surface area contributed by atoms with Crippen LogP contribution in [0.4, 0.5) is 0 Å². The van der Waals surface area contributed by atoms with Gasteiger partial charge < -0.3 is 40.3 Å². The SMILES string of the molecule is CCCCCCCC/C=C\CCCCC(O)C(=O)NC(COC1OC(CO)C(O)C(OS(=O)(=O)O)C1O)C(O)CCCCCCCCCCC. The summed E-state index contributed by atoms with van der Waals surface area (Å²) in [6.07, 6.45) is 14.4. The molecule has 0 aromatic rings. The summed E-state index contributed by atoms with van der Waals surface area (Å²) in [5.74, 6) is -0.690. The molecular formula is C36H69NO12S. The maximum atomic E-state index is 13.0. The minimum atomic E-state index is -5.10. The highest BCUT2D eigenvalue weighted by Crippen LogP contribution is 2.26. The van der Waals surface area contributed by atoms with Crippen molar-refractivity contribution in [2.45, 2.75) is 198 Å². The Hall–Kier alpha value is -1.20.